The van der Waals surface area contributed by atoms with Crippen molar-refractivity contribution >= 4 is 33.3 Å². The minimum absolute atomic E-state index is 0. The van der Waals surface area contributed by atoms with Gasteiger partial charge in [-0.15, -0.1) is 22.3 Å². The summed E-state index contributed by atoms with van der Waals surface area (Å²) in [5.41, 5.74) is 0. The van der Waals surface area contributed by atoms with Crippen LogP contribution in [-0.2, 0) is 0 Å². The summed E-state index contributed by atoms with van der Waals surface area (Å²) in [6.07, 6.45) is 2.83. The molecule has 0 aliphatic rings. The molecular weight excluding hydrogens is 155 g/mol. The Balaban J connectivity index is 0. The molecule has 38 valence electrons. The lowest BCUT2D eigenvalue weighted by Crippen LogP contribution is -1.63. The van der Waals surface area contributed by atoms with Crippen molar-refractivity contribution in [3.63, 3.8) is 0 Å². The number of unbranched alkanes of at least 4 members (excludes halogenated alkanes) is 1. The van der Waals surface area contributed by atoms with E-state index in [-0.39, 0.29) is 17.0 Å². The summed E-state index contributed by atoms with van der Waals surface area (Å²) in [7, 11) is 0. The van der Waals surface area contributed by atoms with Crippen LogP contribution in [0.5, 0.6) is 0 Å². The Bertz CT molecular complexity index is 15.0. The minimum atomic E-state index is 0. The first-order valence-corrected chi connectivity index (χ1v) is 3.83. The monoisotopic (exact) mass is 166 g/mol. The fraction of sp³-hybridized carbons (Fsp3) is 1.00. The molecule has 0 spiro atoms. The molecule has 0 nitrogen and oxygen atoms in total. The normalized spacial score (nSPS) is 6.83. The molecule has 0 aliphatic carbocycles. The van der Waals surface area contributed by atoms with E-state index < -0.39 is 0 Å². The third-order valence-electron chi connectivity index (χ3n) is 0.707. The number of rotatable bonds is 2. The largest absolute Gasteiger partial charge is 0.211 e. The van der Waals surface area contributed by atoms with Crippen LogP contribution < -0.4 is 0 Å². The Morgan fingerprint density at radius 2 is 2.00 bits per heavy atom. The fourth-order valence-electron chi connectivity index (χ4n) is 0.354. The molecular formula is C4H12AlBr. The topological polar surface area (TPSA) is 0 Å². The van der Waals surface area contributed by atoms with Crippen molar-refractivity contribution < 1.29 is 0 Å². The average molecular weight is 167 g/mol. The Morgan fingerprint density at radius 1 is 1.50 bits per heavy atom. The molecule has 0 rings (SSSR count). The molecule has 0 radical (unpaired) electrons. The van der Waals surface area contributed by atoms with Gasteiger partial charge in [-0.2, -0.15) is 0 Å². The van der Waals surface area contributed by atoms with Crippen molar-refractivity contribution in [2.24, 2.45) is 0 Å². The van der Waals surface area contributed by atoms with Gasteiger partial charge in [-0.05, 0) is 0 Å². The van der Waals surface area contributed by atoms with E-state index in [4.69, 9.17) is 0 Å². The van der Waals surface area contributed by atoms with Crippen LogP contribution in [-0.4, -0.2) is 16.3 Å². The lowest BCUT2D eigenvalue weighted by molar-refractivity contribution is 0.884. The highest BCUT2D eigenvalue weighted by Gasteiger charge is 1.69. The van der Waals surface area contributed by atoms with E-state index in [0.717, 1.165) is 0 Å². The van der Waals surface area contributed by atoms with Crippen molar-refractivity contribution in [1.29, 1.82) is 0 Å². The summed E-state index contributed by atoms with van der Waals surface area (Å²) in [6, 6.07) is 0. The third kappa shape index (κ3) is 8.89. The third-order valence-corrected chi connectivity index (χ3v) is 1.41. The first-order valence-electron chi connectivity index (χ1n) is 2.41. The average Bonchev–Trinajstić information content (AvgIpc) is 1.41. The highest BCUT2D eigenvalue weighted by Crippen LogP contribution is 1.86. The molecule has 0 saturated heterocycles. The van der Waals surface area contributed by atoms with Crippen LogP contribution in [0.25, 0.3) is 0 Å². The molecule has 0 aromatic heterocycles. The second kappa shape index (κ2) is 9.38. The van der Waals surface area contributed by atoms with Gasteiger partial charge in [-0.1, -0.05) is 19.8 Å². The number of hydrogen-bond acceptors (Lipinski definition) is 0. The van der Waals surface area contributed by atoms with Crippen LogP contribution in [0.15, 0.2) is 0 Å². The predicted octanol–water partition coefficient (Wildman–Crippen LogP) is 1.42. The molecule has 2 heteroatoms. The van der Waals surface area contributed by atoms with E-state index >= 15 is 0 Å². The Morgan fingerprint density at radius 3 is 2.00 bits per heavy atom. The maximum absolute atomic E-state index is 2.23. The molecule has 0 saturated carbocycles. The molecule has 0 aliphatic heterocycles. The molecule has 0 amide bonds. The van der Waals surface area contributed by atoms with Crippen molar-refractivity contribution in [3.05, 3.63) is 0 Å². The van der Waals surface area contributed by atoms with E-state index in [0.29, 0.717) is 0 Å². The van der Waals surface area contributed by atoms with Crippen molar-refractivity contribution in [2.75, 3.05) is 0 Å². The van der Waals surface area contributed by atoms with Gasteiger partial charge >= 0.3 is 0 Å². The first-order chi connectivity index (χ1) is 2.41. The van der Waals surface area contributed by atoms with Crippen molar-refractivity contribution in [2.45, 2.75) is 25.0 Å². The SMILES string of the molecule is Br.CCC[CH2][AlH2]. The smallest absolute Gasteiger partial charge is 0.114 e. The molecule has 0 aromatic carbocycles. The summed E-state index contributed by atoms with van der Waals surface area (Å²) in [5, 5.41) is 1.48. The van der Waals surface area contributed by atoms with Crippen LogP contribution >= 0.6 is 17.0 Å². The zero-order chi connectivity index (χ0) is 4.12. The van der Waals surface area contributed by atoms with Crippen LogP contribution in [0.1, 0.15) is 19.8 Å². The summed E-state index contributed by atoms with van der Waals surface area (Å²) in [6.45, 7) is 2.23. The van der Waals surface area contributed by atoms with Gasteiger partial charge < -0.3 is 0 Å². The van der Waals surface area contributed by atoms with Gasteiger partial charge in [-0.25, -0.2) is 0 Å². The molecule has 6 heavy (non-hydrogen) atoms. The van der Waals surface area contributed by atoms with Gasteiger partial charge in [0.25, 0.3) is 0 Å². The van der Waals surface area contributed by atoms with E-state index in [1.807, 2.05) is 0 Å². The van der Waals surface area contributed by atoms with Gasteiger partial charge in [0.1, 0.15) is 0 Å². The zero-order valence-electron chi connectivity index (χ0n) is 4.53. The minimum Gasteiger partial charge on any atom is -0.114 e. The summed E-state index contributed by atoms with van der Waals surface area (Å²) in [5.74, 6) is 0. The number of halogens is 1. The van der Waals surface area contributed by atoms with Crippen LogP contribution in [0.4, 0.5) is 0 Å². The molecule has 0 N–H and O–H groups in total. The van der Waals surface area contributed by atoms with Crippen LogP contribution in [0.2, 0.25) is 5.28 Å². The molecule has 0 fully saturated rings. The molecule has 0 heterocycles. The van der Waals surface area contributed by atoms with Gasteiger partial charge in [0.05, 0.1) is 0 Å². The zero-order valence-corrected chi connectivity index (χ0v) is 8.24. The maximum atomic E-state index is 2.23. The van der Waals surface area contributed by atoms with Gasteiger partial charge in [0.2, 0.25) is 16.3 Å². The fourth-order valence-corrected chi connectivity index (χ4v) is 1.06. The Hall–Kier alpha value is 1.01. The maximum Gasteiger partial charge on any atom is 0.211 e. The van der Waals surface area contributed by atoms with E-state index in [1.54, 1.807) is 0 Å². The summed E-state index contributed by atoms with van der Waals surface area (Å²) < 4.78 is 0. The van der Waals surface area contributed by atoms with Crippen molar-refractivity contribution in [3.8, 4) is 0 Å². The molecule has 0 bridgehead atoms. The second-order valence-corrected chi connectivity index (χ2v) is 2.35. The van der Waals surface area contributed by atoms with Gasteiger partial charge in [-0.3, -0.25) is 0 Å². The summed E-state index contributed by atoms with van der Waals surface area (Å²) in [4.78, 5) is 0. The lowest BCUT2D eigenvalue weighted by atomic mass is 10.4. The summed E-state index contributed by atoms with van der Waals surface area (Å²) >= 11 is 1.40. The lowest BCUT2D eigenvalue weighted by Gasteiger charge is -1.78. The van der Waals surface area contributed by atoms with Crippen molar-refractivity contribution in [1.82, 2.24) is 0 Å². The molecule has 0 unspecified atom stereocenters. The second-order valence-electron chi connectivity index (χ2n) is 1.35. The van der Waals surface area contributed by atoms with E-state index in [1.165, 1.54) is 34.4 Å². The van der Waals surface area contributed by atoms with E-state index in [9.17, 15) is 0 Å². The Kier molecular flexibility index (Phi) is 15.8. The van der Waals surface area contributed by atoms with Crippen LogP contribution in [0.3, 0.4) is 0 Å². The van der Waals surface area contributed by atoms with Gasteiger partial charge in [0, 0.05) is 0 Å². The first kappa shape index (κ1) is 10.1. The standard InChI is InChI=1S/C4H9.Al.BrH.2H/c1-3-4-2;;;;/h1,3-4H2,2H3;;1H;;. The Labute approximate surface area is 58.5 Å². The van der Waals surface area contributed by atoms with E-state index in [2.05, 4.69) is 6.92 Å². The predicted molar refractivity (Wildman–Crippen MR) is 38.6 cm³/mol. The molecule has 0 aromatic rings. The quantitative estimate of drug-likeness (QED) is 0.545. The van der Waals surface area contributed by atoms with Gasteiger partial charge in [0.15, 0.2) is 0 Å². The highest BCUT2D eigenvalue weighted by atomic mass is 79.9. The highest BCUT2D eigenvalue weighted by molar-refractivity contribution is 8.93. The number of hydrogen-bond donors (Lipinski definition) is 0. The molecule has 0 atom stereocenters. The van der Waals surface area contributed by atoms with Crippen LogP contribution in [0, 0.1) is 0 Å².